The number of nitrogens with zero attached hydrogens (tertiary/aromatic N) is 6. The average molecular weight is 408 g/mol. The van der Waals surface area contributed by atoms with Crippen molar-refractivity contribution in [1.29, 1.82) is 0 Å². The van der Waals surface area contributed by atoms with Crippen LogP contribution in [0.15, 0.2) is 67.4 Å². The van der Waals surface area contributed by atoms with E-state index in [9.17, 15) is 0 Å². The van der Waals surface area contributed by atoms with E-state index in [-0.39, 0.29) is 0 Å². The standard InChI is InChI=1S/C24H20N6O/c1-31-19-12-22-24(26-14-19)23(17-13-27-29(15-17)18-8-10-25-11-9-18)28-30(22)21-7-3-5-16-4-2-6-20(16)21/h3,5,7-15H,2,4,6H2,1H3. The second kappa shape index (κ2) is 7.05. The zero-order valence-corrected chi connectivity index (χ0v) is 17.1. The summed E-state index contributed by atoms with van der Waals surface area (Å²) in [7, 11) is 1.66. The minimum Gasteiger partial charge on any atom is -0.495 e. The molecule has 0 radical (unpaired) electrons. The van der Waals surface area contributed by atoms with Crippen molar-refractivity contribution in [3.05, 3.63) is 78.5 Å². The highest BCUT2D eigenvalue weighted by molar-refractivity contribution is 5.91. The first-order valence-electron chi connectivity index (χ1n) is 10.3. The molecule has 6 rings (SSSR count). The fraction of sp³-hybridized carbons (Fsp3) is 0.167. The number of ether oxygens (including phenoxy) is 1. The van der Waals surface area contributed by atoms with Gasteiger partial charge in [0.25, 0.3) is 0 Å². The molecule has 152 valence electrons. The van der Waals surface area contributed by atoms with Gasteiger partial charge in [0.2, 0.25) is 0 Å². The monoisotopic (exact) mass is 408 g/mol. The molecule has 0 aliphatic heterocycles. The molecule has 0 saturated carbocycles. The molecule has 1 aromatic carbocycles. The van der Waals surface area contributed by atoms with Gasteiger partial charge < -0.3 is 4.74 Å². The Bertz CT molecular complexity index is 1400. The van der Waals surface area contributed by atoms with E-state index in [1.165, 1.54) is 17.5 Å². The van der Waals surface area contributed by atoms with E-state index in [0.29, 0.717) is 5.75 Å². The number of hydrogen-bond donors (Lipinski definition) is 0. The summed E-state index contributed by atoms with van der Waals surface area (Å²) in [6, 6.07) is 12.3. The normalized spacial score (nSPS) is 12.9. The van der Waals surface area contributed by atoms with E-state index in [0.717, 1.165) is 46.5 Å². The lowest BCUT2D eigenvalue weighted by atomic mass is 10.1. The van der Waals surface area contributed by atoms with Gasteiger partial charge in [-0.1, -0.05) is 12.1 Å². The fourth-order valence-corrected chi connectivity index (χ4v) is 4.35. The van der Waals surface area contributed by atoms with Crippen LogP contribution in [0.4, 0.5) is 0 Å². The highest BCUT2D eigenvalue weighted by Gasteiger charge is 2.21. The highest BCUT2D eigenvalue weighted by Crippen LogP contribution is 2.34. The number of benzene rings is 1. The number of hydrogen-bond acceptors (Lipinski definition) is 5. The van der Waals surface area contributed by atoms with Crippen LogP contribution in [0.5, 0.6) is 5.75 Å². The summed E-state index contributed by atoms with van der Waals surface area (Å²) in [5.41, 5.74) is 8.29. The SMILES string of the molecule is COc1cnc2c(-c3cnn(-c4ccncc4)c3)nn(-c3cccc4c3CCC4)c2c1. The second-order valence-corrected chi connectivity index (χ2v) is 7.65. The lowest BCUT2D eigenvalue weighted by Gasteiger charge is -2.10. The zero-order valence-electron chi connectivity index (χ0n) is 17.1. The lowest BCUT2D eigenvalue weighted by molar-refractivity contribution is 0.413. The Morgan fingerprint density at radius 3 is 2.81 bits per heavy atom. The topological polar surface area (TPSA) is 70.7 Å². The quantitative estimate of drug-likeness (QED) is 0.446. The van der Waals surface area contributed by atoms with Gasteiger partial charge in [-0.05, 0) is 48.6 Å². The fourth-order valence-electron chi connectivity index (χ4n) is 4.35. The smallest absolute Gasteiger partial charge is 0.139 e. The summed E-state index contributed by atoms with van der Waals surface area (Å²) >= 11 is 0. The molecule has 0 bridgehead atoms. The zero-order chi connectivity index (χ0) is 20.8. The molecule has 0 spiro atoms. The Balaban J connectivity index is 1.56. The maximum absolute atomic E-state index is 5.46. The molecular formula is C24H20N6O. The Labute approximate surface area is 179 Å². The van der Waals surface area contributed by atoms with Crippen molar-refractivity contribution in [3.8, 4) is 28.4 Å². The van der Waals surface area contributed by atoms with E-state index < -0.39 is 0 Å². The van der Waals surface area contributed by atoms with Gasteiger partial charge in [-0.3, -0.25) is 4.98 Å². The van der Waals surface area contributed by atoms with Gasteiger partial charge in [-0.25, -0.2) is 14.3 Å². The van der Waals surface area contributed by atoms with E-state index in [2.05, 4.69) is 28.3 Å². The van der Waals surface area contributed by atoms with Crippen molar-refractivity contribution in [2.24, 2.45) is 0 Å². The number of methoxy groups -OCH3 is 1. The first kappa shape index (κ1) is 17.8. The van der Waals surface area contributed by atoms with Crippen LogP contribution in [0, 0.1) is 0 Å². The van der Waals surface area contributed by atoms with Gasteiger partial charge in [-0.15, -0.1) is 0 Å². The number of aryl methyl sites for hydroxylation is 1. The molecule has 0 saturated heterocycles. The molecule has 5 aromatic rings. The maximum Gasteiger partial charge on any atom is 0.139 e. The molecule has 7 nitrogen and oxygen atoms in total. The van der Waals surface area contributed by atoms with Gasteiger partial charge in [-0.2, -0.15) is 10.2 Å². The minimum atomic E-state index is 0.709. The summed E-state index contributed by atoms with van der Waals surface area (Å²) in [4.78, 5) is 8.77. The summed E-state index contributed by atoms with van der Waals surface area (Å²) in [5.74, 6) is 0.709. The van der Waals surface area contributed by atoms with Crippen molar-refractivity contribution < 1.29 is 4.74 Å². The molecule has 4 aromatic heterocycles. The van der Waals surface area contributed by atoms with Gasteiger partial charge in [0, 0.05) is 30.2 Å². The van der Waals surface area contributed by atoms with Crippen molar-refractivity contribution >= 4 is 11.0 Å². The first-order valence-corrected chi connectivity index (χ1v) is 10.3. The predicted molar refractivity (Wildman–Crippen MR) is 118 cm³/mol. The van der Waals surface area contributed by atoms with E-state index in [1.807, 2.05) is 40.0 Å². The molecule has 4 heterocycles. The van der Waals surface area contributed by atoms with Crippen LogP contribution in [0.25, 0.3) is 33.7 Å². The summed E-state index contributed by atoms with van der Waals surface area (Å²) in [6.07, 6.45) is 12.4. The molecule has 31 heavy (non-hydrogen) atoms. The van der Waals surface area contributed by atoms with Crippen molar-refractivity contribution in [1.82, 2.24) is 29.5 Å². The van der Waals surface area contributed by atoms with Crippen molar-refractivity contribution in [2.45, 2.75) is 19.3 Å². The third-order valence-electron chi connectivity index (χ3n) is 5.86. The average Bonchev–Trinajstić information content (AvgIpc) is 3.57. The Hall–Kier alpha value is -4.00. The van der Waals surface area contributed by atoms with Crippen LogP contribution in [0.1, 0.15) is 17.5 Å². The molecular weight excluding hydrogens is 388 g/mol. The van der Waals surface area contributed by atoms with Gasteiger partial charge in [0.05, 0.1) is 36.4 Å². The van der Waals surface area contributed by atoms with Crippen molar-refractivity contribution in [2.75, 3.05) is 7.11 Å². The summed E-state index contributed by atoms with van der Waals surface area (Å²) in [5, 5.41) is 9.55. The van der Waals surface area contributed by atoms with Crippen LogP contribution < -0.4 is 4.74 Å². The molecule has 0 N–H and O–H groups in total. The molecule has 0 unspecified atom stereocenters. The van der Waals surface area contributed by atoms with Crippen LogP contribution in [-0.2, 0) is 12.8 Å². The van der Waals surface area contributed by atoms with Gasteiger partial charge in [0.15, 0.2) is 0 Å². The summed E-state index contributed by atoms with van der Waals surface area (Å²) in [6.45, 7) is 0. The Morgan fingerprint density at radius 2 is 1.94 bits per heavy atom. The van der Waals surface area contributed by atoms with Crippen LogP contribution in [0.3, 0.4) is 0 Å². The maximum atomic E-state index is 5.46. The van der Waals surface area contributed by atoms with E-state index >= 15 is 0 Å². The number of fused-ring (bicyclic) bond motifs is 2. The molecule has 7 heteroatoms. The molecule has 0 amide bonds. The van der Waals surface area contributed by atoms with Crippen LogP contribution in [0.2, 0.25) is 0 Å². The predicted octanol–water partition coefficient (Wildman–Crippen LogP) is 4.17. The van der Waals surface area contributed by atoms with Crippen molar-refractivity contribution in [3.63, 3.8) is 0 Å². The minimum absolute atomic E-state index is 0.709. The number of rotatable bonds is 4. The number of pyridine rings is 2. The summed E-state index contributed by atoms with van der Waals surface area (Å²) < 4.78 is 9.29. The van der Waals surface area contributed by atoms with Crippen LogP contribution >= 0.6 is 0 Å². The first-order chi connectivity index (χ1) is 15.3. The largest absolute Gasteiger partial charge is 0.495 e. The Kier molecular flexibility index (Phi) is 4.06. The molecule has 0 atom stereocenters. The van der Waals surface area contributed by atoms with Crippen LogP contribution in [-0.4, -0.2) is 36.6 Å². The van der Waals surface area contributed by atoms with E-state index in [4.69, 9.17) is 14.8 Å². The second-order valence-electron chi connectivity index (χ2n) is 7.65. The van der Waals surface area contributed by atoms with Gasteiger partial charge in [0.1, 0.15) is 17.0 Å². The lowest BCUT2D eigenvalue weighted by Crippen LogP contribution is -2.01. The molecule has 1 aliphatic carbocycles. The number of aromatic nitrogens is 6. The third-order valence-corrected chi connectivity index (χ3v) is 5.86. The Morgan fingerprint density at radius 1 is 1.03 bits per heavy atom. The van der Waals surface area contributed by atoms with Gasteiger partial charge >= 0.3 is 0 Å². The van der Waals surface area contributed by atoms with E-state index in [1.54, 1.807) is 25.7 Å². The molecule has 0 fully saturated rings. The molecule has 1 aliphatic rings. The highest BCUT2D eigenvalue weighted by atomic mass is 16.5. The third kappa shape index (κ3) is 2.89.